The second kappa shape index (κ2) is 14.9. The summed E-state index contributed by atoms with van der Waals surface area (Å²) in [6, 6.07) is 2.13. The zero-order valence-corrected chi connectivity index (χ0v) is 30.0. The first-order chi connectivity index (χ1) is 24.0. The number of methoxy groups -OCH3 is 2. The van der Waals surface area contributed by atoms with Gasteiger partial charge in [0.05, 0.1) is 66.4 Å². The molecule has 10 heteroatoms. The van der Waals surface area contributed by atoms with Gasteiger partial charge in [-0.15, -0.1) is 0 Å². The van der Waals surface area contributed by atoms with Crippen molar-refractivity contribution in [2.24, 2.45) is 15.0 Å². The quantitative estimate of drug-likeness (QED) is 0.154. The highest BCUT2D eigenvalue weighted by Gasteiger charge is 2.33. The lowest BCUT2D eigenvalue weighted by Crippen LogP contribution is -2.14. The molecule has 0 radical (unpaired) electrons. The van der Waals surface area contributed by atoms with Crippen LogP contribution in [0.3, 0.4) is 0 Å². The van der Waals surface area contributed by atoms with Crippen molar-refractivity contribution >= 4 is 41.2 Å². The zero-order chi connectivity index (χ0) is 36.3. The number of ether oxygens (including phenoxy) is 2. The van der Waals surface area contributed by atoms with Crippen LogP contribution in [0.1, 0.15) is 89.2 Å². The molecule has 5 rings (SSSR count). The summed E-state index contributed by atoms with van der Waals surface area (Å²) in [7, 11) is 2.74. The Hall–Kier alpha value is -5.56. The van der Waals surface area contributed by atoms with Crippen molar-refractivity contribution < 1.29 is 24.2 Å². The molecule has 0 unspecified atom stereocenters. The third-order valence-electron chi connectivity index (χ3n) is 9.82. The number of nitrogens with zero attached hydrogens (tertiary/aromatic N) is 4. The van der Waals surface area contributed by atoms with Crippen molar-refractivity contribution in [2.45, 2.75) is 80.1 Å². The topological polar surface area (TPSA) is 149 Å². The molecular weight excluding hydrogens is 630 g/mol. The van der Waals surface area contributed by atoms with Crippen LogP contribution in [0.4, 0.5) is 0 Å². The Morgan fingerprint density at radius 1 is 0.820 bits per heavy atom. The molecule has 1 aromatic rings. The normalized spacial score (nSPS) is 18.1. The van der Waals surface area contributed by atoms with E-state index in [1.165, 1.54) is 20.3 Å². The van der Waals surface area contributed by atoms with Gasteiger partial charge in [-0.2, -0.15) is 5.26 Å². The van der Waals surface area contributed by atoms with E-state index >= 15 is 0 Å². The van der Waals surface area contributed by atoms with E-state index in [0.29, 0.717) is 47.7 Å². The van der Waals surface area contributed by atoms with E-state index in [0.717, 1.165) is 85.6 Å². The monoisotopic (exact) mass is 673 g/mol. The number of esters is 2. The number of carbonyl (C=O) groups is 2. The number of aliphatic hydroxyl groups excluding tert-OH is 1. The number of aliphatic hydroxyl groups is 1. The SMILES string of the molecule is CCC1=C(C)C2=NC1=Cc1[nH]c(c(CCC(=O)OC)c1C)C=C1N=C(C(C)=C1CCC(=O)OC)/C(=C\O)C1=NC(=C2/C=C/C#N)C(CC)=C1C. The van der Waals surface area contributed by atoms with Crippen LogP contribution < -0.4 is 0 Å². The predicted molar refractivity (Wildman–Crippen MR) is 197 cm³/mol. The number of rotatable bonds is 9. The van der Waals surface area contributed by atoms with Gasteiger partial charge in [-0.1, -0.05) is 13.8 Å². The van der Waals surface area contributed by atoms with E-state index in [1.54, 1.807) is 6.08 Å². The summed E-state index contributed by atoms with van der Waals surface area (Å²) < 4.78 is 9.93. The average molecular weight is 674 g/mol. The summed E-state index contributed by atoms with van der Waals surface area (Å²) in [5, 5.41) is 20.5. The predicted octanol–water partition coefficient (Wildman–Crippen LogP) is 7.99. The Balaban J connectivity index is 1.89. The second-order valence-corrected chi connectivity index (χ2v) is 12.4. The number of aromatic amines is 1. The van der Waals surface area contributed by atoms with Gasteiger partial charge in [0.2, 0.25) is 0 Å². The van der Waals surface area contributed by atoms with Gasteiger partial charge in [-0.05, 0) is 116 Å². The van der Waals surface area contributed by atoms with Crippen LogP contribution in [0.5, 0.6) is 0 Å². The van der Waals surface area contributed by atoms with Crippen molar-refractivity contribution in [3.8, 4) is 6.07 Å². The highest BCUT2D eigenvalue weighted by atomic mass is 16.5. The van der Waals surface area contributed by atoms with Gasteiger partial charge in [-0.25, -0.2) is 15.0 Å². The number of hydrogen-bond acceptors (Lipinski definition) is 9. The lowest BCUT2D eigenvalue weighted by atomic mass is 9.91. The van der Waals surface area contributed by atoms with E-state index < -0.39 is 0 Å². The minimum absolute atomic E-state index is 0.144. The fourth-order valence-electron chi connectivity index (χ4n) is 7.07. The summed E-state index contributed by atoms with van der Waals surface area (Å²) in [6.45, 7) is 12.1. The van der Waals surface area contributed by atoms with Gasteiger partial charge in [0.1, 0.15) is 0 Å². The number of aliphatic imine (C=N–C) groups is 3. The Bertz CT molecular complexity index is 2080. The molecule has 5 heterocycles. The smallest absolute Gasteiger partial charge is 0.305 e. The van der Waals surface area contributed by atoms with Crippen LogP contribution in [0.25, 0.3) is 12.2 Å². The Morgan fingerprint density at radius 3 is 2.00 bits per heavy atom. The molecule has 0 aliphatic carbocycles. The number of aromatic nitrogens is 1. The number of allylic oxidation sites excluding steroid dienone is 10. The second-order valence-electron chi connectivity index (χ2n) is 12.4. The van der Waals surface area contributed by atoms with E-state index in [2.05, 4.69) is 24.9 Å². The Kier molecular flexibility index (Phi) is 10.7. The number of fused-ring (bicyclic) bond motifs is 5. The molecule has 0 atom stereocenters. The van der Waals surface area contributed by atoms with Crippen LogP contribution in [0.2, 0.25) is 0 Å². The summed E-state index contributed by atoms with van der Waals surface area (Å²) in [6.07, 6.45) is 10.7. The molecule has 2 N–H and O–H groups in total. The molecule has 50 heavy (non-hydrogen) atoms. The lowest BCUT2D eigenvalue weighted by molar-refractivity contribution is -0.141. The van der Waals surface area contributed by atoms with E-state index in [9.17, 15) is 20.0 Å². The van der Waals surface area contributed by atoms with Gasteiger partial charge in [0.25, 0.3) is 0 Å². The molecule has 0 aromatic carbocycles. The number of nitrogens with one attached hydrogen (secondary N) is 1. The molecule has 10 nitrogen and oxygen atoms in total. The fourth-order valence-corrected chi connectivity index (χ4v) is 7.07. The lowest BCUT2D eigenvalue weighted by Gasteiger charge is -2.10. The molecule has 0 saturated carbocycles. The van der Waals surface area contributed by atoms with Gasteiger partial charge in [-0.3, -0.25) is 9.59 Å². The van der Waals surface area contributed by atoms with Gasteiger partial charge in [0.15, 0.2) is 0 Å². The van der Waals surface area contributed by atoms with Gasteiger partial charge >= 0.3 is 11.9 Å². The molecular formula is C40H43N5O5. The summed E-state index contributed by atoms with van der Waals surface area (Å²) >= 11 is 0. The van der Waals surface area contributed by atoms with Crippen molar-refractivity contribution in [3.63, 3.8) is 0 Å². The standard InChI is InChI=1S/C40H43N5O5/c1-9-25-22(4)37-29(12-11-17-41)40-26(10-2)23(5)39(45-40)30(20-46)38-24(6)28(14-16-36(48)50-8)34(44-38)19-33-27(13-15-35(47)49-7)21(3)31(42-33)18-32(25)43-37/h11-12,18-20,42,46H,9-10,13-16H2,1-8H3/b12-11+,30-20+,32-18?,34-19?,40-29?. The maximum atomic E-state index is 12.3. The molecule has 0 fully saturated rings. The summed E-state index contributed by atoms with van der Waals surface area (Å²) in [4.78, 5) is 43.6. The molecule has 0 spiro atoms. The Morgan fingerprint density at radius 2 is 1.38 bits per heavy atom. The Labute approximate surface area is 293 Å². The van der Waals surface area contributed by atoms with E-state index in [-0.39, 0.29) is 24.8 Å². The number of hydrogen-bond donors (Lipinski definition) is 2. The minimum Gasteiger partial charge on any atom is -0.515 e. The van der Waals surface area contributed by atoms with Crippen LogP contribution in [-0.4, -0.2) is 53.4 Å². The first-order valence-electron chi connectivity index (χ1n) is 16.8. The molecule has 4 aliphatic heterocycles. The third-order valence-corrected chi connectivity index (χ3v) is 9.82. The zero-order valence-electron chi connectivity index (χ0n) is 30.0. The summed E-state index contributed by atoms with van der Waals surface area (Å²) in [5.74, 6) is -0.659. The number of carbonyl (C=O) groups excluding carboxylic acids is 2. The van der Waals surface area contributed by atoms with Gasteiger partial charge < -0.3 is 19.6 Å². The minimum atomic E-state index is -0.344. The number of H-pyrrole nitrogens is 1. The van der Waals surface area contributed by atoms with Crippen LogP contribution in [0, 0.1) is 18.3 Å². The average Bonchev–Trinajstić information content (AvgIpc) is 3.80. The first-order valence-corrected chi connectivity index (χ1v) is 16.8. The largest absolute Gasteiger partial charge is 0.515 e. The van der Waals surface area contributed by atoms with E-state index in [4.69, 9.17) is 24.5 Å². The maximum Gasteiger partial charge on any atom is 0.305 e. The van der Waals surface area contributed by atoms with Crippen LogP contribution in [0.15, 0.2) is 95.1 Å². The third kappa shape index (κ3) is 6.43. The molecule has 258 valence electrons. The highest BCUT2D eigenvalue weighted by molar-refractivity contribution is 6.36. The maximum absolute atomic E-state index is 12.3. The van der Waals surface area contributed by atoms with Gasteiger partial charge in [0, 0.05) is 35.9 Å². The molecule has 0 amide bonds. The van der Waals surface area contributed by atoms with Crippen molar-refractivity contribution in [3.05, 3.63) is 103 Å². The molecule has 4 aliphatic rings. The van der Waals surface area contributed by atoms with Crippen molar-refractivity contribution in [2.75, 3.05) is 14.2 Å². The van der Waals surface area contributed by atoms with E-state index in [1.807, 2.05) is 39.8 Å². The molecule has 8 bridgehead atoms. The molecule has 0 saturated heterocycles. The number of nitriles is 1. The fraction of sp³-hybridized carbons (Fsp3) is 0.350. The van der Waals surface area contributed by atoms with Crippen molar-refractivity contribution in [1.82, 2.24) is 4.98 Å². The molecule has 1 aromatic heterocycles. The van der Waals surface area contributed by atoms with Crippen molar-refractivity contribution in [1.29, 1.82) is 5.26 Å². The van der Waals surface area contributed by atoms with Crippen LogP contribution >= 0.6 is 0 Å². The van der Waals surface area contributed by atoms with Crippen LogP contribution in [-0.2, 0) is 25.5 Å². The summed E-state index contributed by atoms with van der Waals surface area (Å²) in [5.41, 5.74) is 14.2. The highest BCUT2D eigenvalue weighted by Crippen LogP contribution is 2.41. The first kappa shape index (κ1) is 35.7.